The molecule has 3 aliphatic rings. The molecule has 0 spiro atoms. The molecule has 0 aromatic heterocycles. The number of piperazine rings is 3. The van der Waals surface area contributed by atoms with Crippen molar-refractivity contribution in [1.82, 2.24) is 0 Å². The Kier molecular flexibility index (Phi) is 4.84. The minimum Gasteiger partial charge on any atom is -0.459 e. The van der Waals surface area contributed by atoms with Gasteiger partial charge in [0.2, 0.25) is 0 Å². The highest BCUT2D eigenvalue weighted by atomic mass is 16.5. The van der Waals surface area contributed by atoms with Crippen LogP contribution in [-0.4, -0.2) is 72.8 Å². The van der Waals surface area contributed by atoms with Crippen LogP contribution in [-0.2, 0) is 16.1 Å². The zero-order valence-electron chi connectivity index (χ0n) is 15.2. The number of hydrogen-bond donors (Lipinski definition) is 1. The van der Waals surface area contributed by atoms with Gasteiger partial charge >= 0.3 is 5.97 Å². The molecule has 0 saturated carbocycles. The SMILES string of the molecule is CC(C)OC(=O)c1cccc(C[N+]23CC[N+](CC(N)=O)(CC2)CC3)c1. The maximum atomic E-state index is 12.1. The summed E-state index contributed by atoms with van der Waals surface area (Å²) in [6, 6.07) is 7.81. The first-order valence-corrected chi connectivity index (χ1v) is 9.10. The normalized spacial score (nSPS) is 28.1. The molecule has 3 saturated heterocycles. The largest absolute Gasteiger partial charge is 0.459 e. The van der Waals surface area contributed by atoms with E-state index in [1.807, 2.05) is 32.0 Å². The van der Waals surface area contributed by atoms with Crippen LogP contribution in [0.4, 0.5) is 0 Å². The van der Waals surface area contributed by atoms with E-state index < -0.39 is 0 Å². The summed E-state index contributed by atoms with van der Waals surface area (Å²) in [5.41, 5.74) is 7.23. The molecule has 4 rings (SSSR count). The molecule has 0 atom stereocenters. The Labute approximate surface area is 149 Å². The number of quaternary nitrogens is 2. The second kappa shape index (κ2) is 6.77. The molecule has 3 heterocycles. The summed E-state index contributed by atoms with van der Waals surface area (Å²) in [5, 5.41) is 0. The van der Waals surface area contributed by atoms with Crippen LogP contribution in [0.25, 0.3) is 0 Å². The van der Waals surface area contributed by atoms with Crippen molar-refractivity contribution in [3.63, 3.8) is 0 Å². The molecule has 1 amide bonds. The van der Waals surface area contributed by atoms with Gasteiger partial charge in [0, 0.05) is 5.56 Å². The van der Waals surface area contributed by atoms with E-state index in [0.29, 0.717) is 12.1 Å². The zero-order valence-corrected chi connectivity index (χ0v) is 15.2. The van der Waals surface area contributed by atoms with Crippen LogP contribution in [0.2, 0.25) is 0 Å². The van der Waals surface area contributed by atoms with E-state index in [0.717, 1.165) is 54.8 Å². The molecule has 0 unspecified atom stereocenters. The molecule has 6 nitrogen and oxygen atoms in total. The summed E-state index contributed by atoms with van der Waals surface area (Å²) in [4.78, 5) is 23.5. The average Bonchev–Trinajstić information content (AvgIpc) is 2.55. The summed E-state index contributed by atoms with van der Waals surface area (Å²) in [6.07, 6.45) is -0.113. The number of amides is 1. The second-order valence-corrected chi connectivity index (χ2v) is 7.96. The van der Waals surface area contributed by atoms with Crippen LogP contribution in [0.5, 0.6) is 0 Å². The van der Waals surface area contributed by atoms with Crippen LogP contribution < -0.4 is 5.73 Å². The van der Waals surface area contributed by atoms with Gasteiger partial charge in [0.25, 0.3) is 5.91 Å². The maximum absolute atomic E-state index is 12.1. The van der Waals surface area contributed by atoms with Gasteiger partial charge in [0.15, 0.2) is 6.54 Å². The molecule has 3 aliphatic heterocycles. The Morgan fingerprint density at radius 2 is 1.68 bits per heavy atom. The van der Waals surface area contributed by atoms with Crippen molar-refractivity contribution < 1.29 is 23.3 Å². The fourth-order valence-electron chi connectivity index (χ4n) is 4.21. The zero-order chi connectivity index (χ0) is 18.1. The van der Waals surface area contributed by atoms with Gasteiger partial charge < -0.3 is 19.4 Å². The third-order valence-corrected chi connectivity index (χ3v) is 5.66. The molecular weight excluding hydrogens is 318 g/mol. The third-order valence-electron chi connectivity index (χ3n) is 5.66. The topological polar surface area (TPSA) is 69.4 Å². The quantitative estimate of drug-likeness (QED) is 0.614. The highest BCUT2D eigenvalue weighted by Crippen LogP contribution is 2.29. The van der Waals surface area contributed by atoms with Gasteiger partial charge in [0.1, 0.15) is 45.8 Å². The molecule has 2 N–H and O–H groups in total. The van der Waals surface area contributed by atoms with Gasteiger partial charge in [-0.25, -0.2) is 4.79 Å². The summed E-state index contributed by atoms with van der Waals surface area (Å²) >= 11 is 0. The van der Waals surface area contributed by atoms with E-state index in [1.54, 1.807) is 0 Å². The first kappa shape index (κ1) is 17.9. The number of nitrogens with zero attached hydrogens (tertiary/aromatic N) is 2. The minimum atomic E-state index is -0.258. The van der Waals surface area contributed by atoms with E-state index in [2.05, 4.69) is 6.07 Å². The molecule has 6 heteroatoms. The summed E-state index contributed by atoms with van der Waals surface area (Å²) in [6.45, 7) is 11.3. The monoisotopic (exact) mass is 347 g/mol. The van der Waals surface area contributed by atoms with Crippen molar-refractivity contribution in [2.45, 2.75) is 26.5 Å². The van der Waals surface area contributed by atoms with Crippen molar-refractivity contribution in [2.75, 3.05) is 45.8 Å². The predicted octanol–water partition coefficient (Wildman–Crippen LogP) is 0.898. The third kappa shape index (κ3) is 4.02. The lowest BCUT2D eigenvalue weighted by molar-refractivity contribution is -1.08. The fourth-order valence-corrected chi connectivity index (χ4v) is 4.21. The van der Waals surface area contributed by atoms with Crippen molar-refractivity contribution in [3.8, 4) is 0 Å². The van der Waals surface area contributed by atoms with Crippen molar-refractivity contribution >= 4 is 11.9 Å². The van der Waals surface area contributed by atoms with Gasteiger partial charge in [-0.05, 0) is 26.0 Å². The Balaban J connectivity index is 1.68. The highest BCUT2D eigenvalue weighted by molar-refractivity contribution is 5.89. The Morgan fingerprint density at radius 3 is 2.24 bits per heavy atom. The number of fused-ring (bicyclic) bond motifs is 3. The molecule has 3 fully saturated rings. The molecule has 2 bridgehead atoms. The number of nitrogens with two attached hydrogens (primary N) is 1. The van der Waals surface area contributed by atoms with Crippen LogP contribution in [0.15, 0.2) is 24.3 Å². The Hall–Kier alpha value is -1.92. The Bertz CT molecular complexity index is 647. The van der Waals surface area contributed by atoms with Crippen LogP contribution >= 0.6 is 0 Å². The van der Waals surface area contributed by atoms with E-state index in [4.69, 9.17) is 10.5 Å². The number of esters is 1. The lowest BCUT2D eigenvalue weighted by atomic mass is 10.0. The standard InChI is InChI=1S/C19H28N3O3/c1-15(2)25-19(24)17-5-3-4-16(12-17)13-21-6-9-22(10-7-21,11-8-21)14-18(20)23/h3-5,12,15H,6-11,13-14H2,1-2H3,(H-,20,23)/q+1/p+1. The number of primary amides is 1. The first-order chi connectivity index (χ1) is 11.8. The minimum absolute atomic E-state index is 0.113. The second-order valence-electron chi connectivity index (χ2n) is 7.96. The number of benzene rings is 1. The lowest BCUT2D eigenvalue weighted by Gasteiger charge is -2.55. The molecular formula is C19H29N3O3+2. The summed E-state index contributed by atoms with van der Waals surface area (Å²) in [7, 11) is 0. The van der Waals surface area contributed by atoms with Crippen LogP contribution in [0.1, 0.15) is 29.8 Å². The first-order valence-electron chi connectivity index (χ1n) is 9.10. The van der Waals surface area contributed by atoms with Crippen molar-refractivity contribution in [2.24, 2.45) is 5.73 Å². The summed E-state index contributed by atoms with van der Waals surface area (Å²) in [5.74, 6) is -0.454. The van der Waals surface area contributed by atoms with Gasteiger partial charge in [-0.1, -0.05) is 12.1 Å². The van der Waals surface area contributed by atoms with Gasteiger partial charge in [-0.2, -0.15) is 0 Å². The van der Waals surface area contributed by atoms with Crippen molar-refractivity contribution in [3.05, 3.63) is 35.4 Å². The lowest BCUT2D eigenvalue weighted by Crippen LogP contribution is -2.75. The van der Waals surface area contributed by atoms with E-state index in [-0.39, 0.29) is 18.0 Å². The van der Waals surface area contributed by atoms with Gasteiger partial charge in [-0.15, -0.1) is 0 Å². The number of hydrogen-bond acceptors (Lipinski definition) is 3. The maximum Gasteiger partial charge on any atom is 0.338 e. The molecule has 25 heavy (non-hydrogen) atoms. The molecule has 1 aromatic carbocycles. The molecule has 0 radical (unpaired) electrons. The van der Waals surface area contributed by atoms with Crippen LogP contribution in [0, 0.1) is 0 Å². The smallest absolute Gasteiger partial charge is 0.338 e. The van der Waals surface area contributed by atoms with Crippen molar-refractivity contribution in [1.29, 1.82) is 0 Å². The summed E-state index contributed by atoms with van der Waals surface area (Å²) < 4.78 is 7.20. The van der Waals surface area contributed by atoms with E-state index in [9.17, 15) is 9.59 Å². The number of ether oxygens (including phenoxy) is 1. The predicted molar refractivity (Wildman–Crippen MR) is 94.5 cm³/mol. The highest BCUT2D eigenvalue weighted by Gasteiger charge is 2.49. The number of carbonyl (C=O) groups excluding carboxylic acids is 2. The number of carbonyl (C=O) groups is 2. The molecule has 0 aliphatic carbocycles. The van der Waals surface area contributed by atoms with E-state index in [1.165, 1.54) is 5.56 Å². The van der Waals surface area contributed by atoms with E-state index >= 15 is 0 Å². The average molecular weight is 347 g/mol. The van der Waals surface area contributed by atoms with Crippen LogP contribution in [0.3, 0.4) is 0 Å². The Morgan fingerprint density at radius 1 is 1.08 bits per heavy atom. The van der Waals surface area contributed by atoms with Gasteiger partial charge in [0.05, 0.1) is 11.7 Å². The van der Waals surface area contributed by atoms with Gasteiger partial charge in [-0.3, -0.25) is 4.79 Å². The number of rotatable bonds is 6. The molecule has 136 valence electrons. The molecule has 1 aromatic rings. The fraction of sp³-hybridized carbons (Fsp3) is 0.579.